The number of hydrogen-bond acceptors (Lipinski definition) is 5. The lowest BCUT2D eigenvalue weighted by Crippen LogP contribution is -2.46. The first-order valence-corrected chi connectivity index (χ1v) is 9.08. The molecule has 0 heterocycles. The van der Waals surface area contributed by atoms with Gasteiger partial charge in [-0.2, -0.15) is 0 Å². The summed E-state index contributed by atoms with van der Waals surface area (Å²) in [7, 11) is 1.48. The van der Waals surface area contributed by atoms with E-state index in [1.807, 2.05) is 0 Å². The van der Waals surface area contributed by atoms with Gasteiger partial charge in [-0.25, -0.2) is 13.6 Å². The summed E-state index contributed by atoms with van der Waals surface area (Å²) in [6.07, 6.45) is 0. The summed E-state index contributed by atoms with van der Waals surface area (Å²) in [6, 6.07) is 8.36. The molecule has 0 fully saturated rings. The zero-order chi connectivity index (χ0) is 22.3. The van der Waals surface area contributed by atoms with E-state index in [1.165, 1.54) is 7.11 Å². The van der Waals surface area contributed by atoms with E-state index in [9.17, 15) is 23.2 Å². The van der Waals surface area contributed by atoms with Crippen LogP contribution in [0.25, 0.3) is 0 Å². The molecule has 0 aliphatic carbocycles. The minimum Gasteiger partial charge on any atom is -0.497 e. The normalized spacial score (nSPS) is 11.5. The van der Waals surface area contributed by atoms with Gasteiger partial charge in [0, 0.05) is 11.8 Å². The smallest absolute Gasteiger partial charge is 0.329 e. The maximum atomic E-state index is 13.8. The lowest BCUT2D eigenvalue weighted by atomic mass is 10.0. The van der Waals surface area contributed by atoms with Crippen LogP contribution in [0.1, 0.15) is 24.2 Å². The summed E-state index contributed by atoms with van der Waals surface area (Å²) < 4.78 is 37.6. The number of anilines is 1. The molecule has 2 amide bonds. The molecule has 0 radical (unpaired) electrons. The van der Waals surface area contributed by atoms with E-state index in [0.717, 1.165) is 18.2 Å². The van der Waals surface area contributed by atoms with Gasteiger partial charge in [0.15, 0.2) is 6.61 Å². The van der Waals surface area contributed by atoms with E-state index in [0.29, 0.717) is 11.4 Å². The van der Waals surface area contributed by atoms with Crippen molar-refractivity contribution in [1.82, 2.24) is 5.32 Å². The summed E-state index contributed by atoms with van der Waals surface area (Å²) in [6.45, 7) is 2.61. The van der Waals surface area contributed by atoms with Crippen molar-refractivity contribution in [2.24, 2.45) is 5.92 Å². The van der Waals surface area contributed by atoms with Gasteiger partial charge < -0.3 is 20.1 Å². The molecule has 160 valence electrons. The van der Waals surface area contributed by atoms with Crippen LogP contribution >= 0.6 is 0 Å². The second-order valence-corrected chi connectivity index (χ2v) is 6.68. The van der Waals surface area contributed by atoms with Crippen molar-refractivity contribution in [3.05, 3.63) is 59.7 Å². The molecule has 0 bridgehead atoms. The van der Waals surface area contributed by atoms with Gasteiger partial charge in [-0.05, 0) is 30.2 Å². The van der Waals surface area contributed by atoms with Crippen LogP contribution in [0.4, 0.5) is 14.5 Å². The number of benzene rings is 2. The summed E-state index contributed by atoms with van der Waals surface area (Å²) in [5.41, 5.74) is -0.356. The Morgan fingerprint density at radius 3 is 2.27 bits per heavy atom. The number of methoxy groups -OCH3 is 1. The Bertz CT molecular complexity index is 913. The quantitative estimate of drug-likeness (QED) is 0.641. The largest absolute Gasteiger partial charge is 0.497 e. The fraction of sp³-hybridized carbons (Fsp3) is 0.286. The average molecular weight is 420 g/mol. The maximum Gasteiger partial charge on any atom is 0.329 e. The first-order valence-electron chi connectivity index (χ1n) is 9.08. The molecule has 0 aliphatic rings. The number of nitrogens with one attached hydrogen (secondary N) is 2. The molecule has 0 saturated carbocycles. The lowest BCUT2D eigenvalue weighted by Gasteiger charge is -2.21. The Labute approximate surface area is 172 Å². The standard InChI is InChI=1S/C21H22F2N2O5/c1-12(2)19(25-20(27)18-15(22)8-5-9-16(18)23)21(28)30-11-17(26)24-13-6-4-7-14(10-13)29-3/h4-10,12,19H,11H2,1-3H3,(H,24,26)(H,25,27)/t19-/m0/s1. The lowest BCUT2D eigenvalue weighted by molar-refractivity contribution is -0.150. The van der Waals surface area contributed by atoms with E-state index in [2.05, 4.69) is 10.6 Å². The number of carbonyl (C=O) groups excluding carboxylic acids is 3. The third kappa shape index (κ3) is 6.00. The van der Waals surface area contributed by atoms with Crippen LogP contribution in [0.5, 0.6) is 5.75 Å². The van der Waals surface area contributed by atoms with E-state index < -0.39 is 53.5 Å². The fourth-order valence-electron chi connectivity index (χ4n) is 2.55. The second kappa shape index (κ2) is 10.3. The van der Waals surface area contributed by atoms with Crippen LogP contribution in [-0.2, 0) is 14.3 Å². The first-order chi connectivity index (χ1) is 14.2. The summed E-state index contributed by atoms with van der Waals surface area (Å²) in [5.74, 6) is -4.64. The molecule has 0 saturated heterocycles. The van der Waals surface area contributed by atoms with Gasteiger partial charge in [0.25, 0.3) is 11.8 Å². The van der Waals surface area contributed by atoms with Crippen LogP contribution < -0.4 is 15.4 Å². The summed E-state index contributed by atoms with van der Waals surface area (Å²) >= 11 is 0. The Morgan fingerprint density at radius 2 is 1.67 bits per heavy atom. The summed E-state index contributed by atoms with van der Waals surface area (Å²) in [4.78, 5) is 36.6. The predicted octanol–water partition coefficient (Wildman–Crippen LogP) is 2.91. The summed E-state index contributed by atoms with van der Waals surface area (Å²) in [5, 5.41) is 4.80. The van der Waals surface area contributed by atoms with Gasteiger partial charge >= 0.3 is 5.97 Å². The van der Waals surface area contributed by atoms with Crippen LogP contribution in [0, 0.1) is 17.6 Å². The van der Waals surface area contributed by atoms with Crippen molar-refractivity contribution in [3.63, 3.8) is 0 Å². The maximum absolute atomic E-state index is 13.8. The van der Waals surface area contributed by atoms with Crippen LogP contribution in [0.15, 0.2) is 42.5 Å². The molecule has 2 rings (SSSR count). The minimum absolute atomic E-state index is 0.444. The highest BCUT2D eigenvalue weighted by molar-refractivity contribution is 5.98. The van der Waals surface area contributed by atoms with E-state index in [4.69, 9.17) is 9.47 Å². The third-order valence-electron chi connectivity index (χ3n) is 4.10. The van der Waals surface area contributed by atoms with Crippen LogP contribution in [0.3, 0.4) is 0 Å². The molecule has 2 aromatic rings. The van der Waals surface area contributed by atoms with Gasteiger partial charge in [0.2, 0.25) is 0 Å². The van der Waals surface area contributed by atoms with Crippen molar-refractivity contribution in [1.29, 1.82) is 0 Å². The van der Waals surface area contributed by atoms with Crippen LogP contribution in [-0.4, -0.2) is 37.5 Å². The highest BCUT2D eigenvalue weighted by Crippen LogP contribution is 2.17. The Kier molecular flexibility index (Phi) is 7.85. The van der Waals surface area contributed by atoms with Gasteiger partial charge in [0.05, 0.1) is 7.11 Å². The molecule has 9 heteroatoms. The zero-order valence-corrected chi connectivity index (χ0v) is 16.7. The topological polar surface area (TPSA) is 93.7 Å². The van der Waals surface area contributed by atoms with Crippen molar-refractivity contribution in [2.75, 3.05) is 19.0 Å². The molecule has 1 atom stereocenters. The fourth-order valence-corrected chi connectivity index (χ4v) is 2.55. The van der Waals surface area contributed by atoms with Gasteiger partial charge in [-0.3, -0.25) is 9.59 Å². The third-order valence-corrected chi connectivity index (χ3v) is 4.10. The highest BCUT2D eigenvalue weighted by Gasteiger charge is 2.29. The minimum atomic E-state index is -1.21. The molecule has 0 unspecified atom stereocenters. The molecular formula is C21H22F2N2O5. The van der Waals surface area contributed by atoms with E-state index in [1.54, 1.807) is 38.1 Å². The number of halogens is 2. The molecular weight excluding hydrogens is 398 g/mol. The Morgan fingerprint density at radius 1 is 1.03 bits per heavy atom. The second-order valence-electron chi connectivity index (χ2n) is 6.68. The number of hydrogen-bond donors (Lipinski definition) is 2. The molecule has 7 nitrogen and oxygen atoms in total. The molecule has 0 aromatic heterocycles. The SMILES string of the molecule is COc1cccc(NC(=O)COC(=O)[C@@H](NC(=O)c2c(F)cccc2F)C(C)C)c1. The van der Waals surface area contributed by atoms with Gasteiger partial charge in [-0.1, -0.05) is 26.0 Å². The van der Waals surface area contributed by atoms with Crippen molar-refractivity contribution >= 4 is 23.5 Å². The van der Waals surface area contributed by atoms with E-state index in [-0.39, 0.29) is 0 Å². The number of rotatable bonds is 8. The number of esters is 1. The number of amides is 2. The predicted molar refractivity (Wildman–Crippen MR) is 105 cm³/mol. The van der Waals surface area contributed by atoms with Crippen molar-refractivity contribution in [3.8, 4) is 5.75 Å². The number of carbonyl (C=O) groups is 3. The highest BCUT2D eigenvalue weighted by atomic mass is 19.1. The molecule has 0 spiro atoms. The average Bonchev–Trinajstić information content (AvgIpc) is 2.70. The monoisotopic (exact) mass is 420 g/mol. The Balaban J connectivity index is 1.98. The van der Waals surface area contributed by atoms with Gasteiger partial charge in [0.1, 0.15) is 29.0 Å². The number of ether oxygens (including phenoxy) is 2. The molecule has 30 heavy (non-hydrogen) atoms. The molecule has 2 N–H and O–H groups in total. The van der Waals surface area contributed by atoms with Crippen LogP contribution in [0.2, 0.25) is 0 Å². The van der Waals surface area contributed by atoms with E-state index >= 15 is 0 Å². The Hall–Kier alpha value is -3.49. The zero-order valence-electron chi connectivity index (χ0n) is 16.7. The molecule has 0 aliphatic heterocycles. The van der Waals surface area contributed by atoms with Crippen molar-refractivity contribution < 1.29 is 32.6 Å². The van der Waals surface area contributed by atoms with Crippen molar-refractivity contribution in [2.45, 2.75) is 19.9 Å². The molecule has 2 aromatic carbocycles. The first kappa shape index (κ1) is 22.8. The van der Waals surface area contributed by atoms with Gasteiger partial charge in [-0.15, -0.1) is 0 Å².